The van der Waals surface area contributed by atoms with E-state index in [1.165, 1.54) is 0 Å². The number of hydrogen-bond acceptors (Lipinski definition) is 4. The Morgan fingerprint density at radius 1 is 1.27 bits per heavy atom. The summed E-state index contributed by atoms with van der Waals surface area (Å²) in [4.78, 5) is 0. The van der Waals surface area contributed by atoms with Crippen molar-refractivity contribution in [2.24, 2.45) is 0 Å². The first-order valence-electron chi connectivity index (χ1n) is 5.17. The summed E-state index contributed by atoms with van der Waals surface area (Å²) >= 11 is 0. The maximum absolute atomic E-state index is 11.3. The number of sulfonamides is 1. The van der Waals surface area contributed by atoms with Gasteiger partial charge in [-0.05, 0) is 33.1 Å². The molecule has 0 aromatic carbocycles. The van der Waals surface area contributed by atoms with Crippen LogP contribution in [0.4, 0.5) is 0 Å². The van der Waals surface area contributed by atoms with Crippen LogP contribution in [0.15, 0.2) is 0 Å². The van der Waals surface area contributed by atoms with E-state index in [9.17, 15) is 8.42 Å². The second kappa shape index (κ2) is 7.16. The molecule has 0 unspecified atom stereocenters. The number of unbranched alkanes of at least 4 members (excludes halogenated alkanes) is 1. The van der Waals surface area contributed by atoms with Crippen molar-refractivity contribution < 1.29 is 18.6 Å². The second-order valence-electron chi connectivity index (χ2n) is 3.82. The summed E-state index contributed by atoms with van der Waals surface area (Å²) in [5.41, 5.74) is 0. The number of rotatable bonds is 8. The molecule has 0 aliphatic carbocycles. The average Bonchev–Trinajstić information content (AvgIpc) is 2.16. The summed E-state index contributed by atoms with van der Waals surface area (Å²) < 4.78 is 25.0. The number of hydrogen-bond donors (Lipinski definition) is 3. The monoisotopic (exact) mass is 239 g/mol. The Labute approximate surface area is 91.6 Å². The molecule has 6 heteroatoms. The lowest BCUT2D eigenvalue weighted by Crippen LogP contribution is -2.31. The van der Waals surface area contributed by atoms with Crippen LogP contribution in [0, 0.1) is 0 Å². The summed E-state index contributed by atoms with van der Waals surface area (Å²) in [5.74, 6) is 0. The number of nitrogens with one attached hydrogen (secondary N) is 1. The zero-order chi connectivity index (χ0) is 11.9. The van der Waals surface area contributed by atoms with Gasteiger partial charge in [0.25, 0.3) is 0 Å². The molecule has 0 aliphatic heterocycles. The highest BCUT2D eigenvalue weighted by molar-refractivity contribution is 7.90. The van der Waals surface area contributed by atoms with Crippen LogP contribution in [0.3, 0.4) is 0 Å². The molecule has 0 amide bonds. The third-order valence-electron chi connectivity index (χ3n) is 2.10. The molecule has 5 nitrogen and oxygen atoms in total. The maximum Gasteiger partial charge on any atom is 0.213 e. The van der Waals surface area contributed by atoms with Gasteiger partial charge in [0.05, 0.1) is 18.0 Å². The SMILES string of the molecule is CC(C)S(=O)(=O)NCCCC[C@H](O)CO. The van der Waals surface area contributed by atoms with Crippen molar-refractivity contribution in [2.45, 2.75) is 44.5 Å². The third-order valence-corrected chi connectivity index (χ3v) is 3.95. The summed E-state index contributed by atoms with van der Waals surface area (Å²) in [5, 5.41) is 17.1. The van der Waals surface area contributed by atoms with Crippen molar-refractivity contribution in [1.29, 1.82) is 0 Å². The molecule has 0 aliphatic rings. The topological polar surface area (TPSA) is 86.6 Å². The van der Waals surface area contributed by atoms with E-state index in [1.807, 2.05) is 0 Å². The van der Waals surface area contributed by atoms with Crippen LogP contribution in [-0.2, 0) is 10.0 Å². The van der Waals surface area contributed by atoms with Crippen molar-refractivity contribution >= 4 is 10.0 Å². The Morgan fingerprint density at radius 3 is 2.33 bits per heavy atom. The molecule has 0 aromatic rings. The minimum absolute atomic E-state index is 0.238. The van der Waals surface area contributed by atoms with Gasteiger partial charge in [-0.15, -0.1) is 0 Å². The van der Waals surface area contributed by atoms with Gasteiger partial charge in [-0.1, -0.05) is 0 Å². The van der Waals surface area contributed by atoms with Gasteiger partial charge in [-0.3, -0.25) is 0 Å². The number of aliphatic hydroxyl groups excluding tert-OH is 2. The first-order valence-corrected chi connectivity index (χ1v) is 6.72. The molecule has 0 rings (SSSR count). The van der Waals surface area contributed by atoms with Crippen LogP contribution < -0.4 is 4.72 Å². The van der Waals surface area contributed by atoms with Gasteiger partial charge in [-0.25, -0.2) is 13.1 Å². The van der Waals surface area contributed by atoms with Crippen LogP contribution in [0.2, 0.25) is 0 Å². The standard InChI is InChI=1S/C9H21NO4S/c1-8(2)15(13,14)10-6-4-3-5-9(12)7-11/h8-12H,3-7H2,1-2H3/t9-/m0/s1. The van der Waals surface area contributed by atoms with Crippen LogP contribution in [-0.4, -0.2) is 43.1 Å². The molecular weight excluding hydrogens is 218 g/mol. The van der Waals surface area contributed by atoms with Gasteiger partial charge < -0.3 is 10.2 Å². The second-order valence-corrected chi connectivity index (χ2v) is 6.14. The summed E-state index contributed by atoms with van der Waals surface area (Å²) in [6.07, 6.45) is 1.18. The summed E-state index contributed by atoms with van der Waals surface area (Å²) in [6, 6.07) is 0. The normalized spacial score (nSPS) is 14.5. The molecule has 0 radical (unpaired) electrons. The van der Waals surface area contributed by atoms with E-state index in [-0.39, 0.29) is 6.61 Å². The highest BCUT2D eigenvalue weighted by Gasteiger charge is 2.14. The highest BCUT2D eigenvalue weighted by Crippen LogP contribution is 2.01. The largest absolute Gasteiger partial charge is 0.394 e. The molecule has 0 spiro atoms. The van der Waals surface area contributed by atoms with Crippen LogP contribution >= 0.6 is 0 Å². The summed E-state index contributed by atoms with van der Waals surface area (Å²) in [7, 11) is -3.17. The molecule has 15 heavy (non-hydrogen) atoms. The van der Waals surface area contributed by atoms with E-state index < -0.39 is 21.4 Å². The van der Waals surface area contributed by atoms with Gasteiger partial charge in [-0.2, -0.15) is 0 Å². The molecule has 0 bridgehead atoms. The van der Waals surface area contributed by atoms with Crippen LogP contribution in [0.5, 0.6) is 0 Å². The minimum atomic E-state index is -3.17. The van der Waals surface area contributed by atoms with E-state index >= 15 is 0 Å². The Bertz CT molecular complexity index is 251. The first kappa shape index (κ1) is 14.8. The fourth-order valence-electron chi connectivity index (χ4n) is 0.977. The third kappa shape index (κ3) is 6.83. The maximum atomic E-state index is 11.3. The van der Waals surface area contributed by atoms with E-state index in [4.69, 9.17) is 10.2 Å². The van der Waals surface area contributed by atoms with E-state index in [0.29, 0.717) is 25.8 Å². The Hall–Kier alpha value is -0.170. The van der Waals surface area contributed by atoms with E-state index in [2.05, 4.69) is 4.72 Å². The van der Waals surface area contributed by atoms with Crippen molar-refractivity contribution in [1.82, 2.24) is 4.72 Å². The molecule has 92 valence electrons. The van der Waals surface area contributed by atoms with Gasteiger partial charge in [0.1, 0.15) is 0 Å². The smallest absolute Gasteiger partial charge is 0.213 e. The van der Waals surface area contributed by atoms with Crippen molar-refractivity contribution in [3.63, 3.8) is 0 Å². The molecule has 0 aromatic heterocycles. The first-order chi connectivity index (χ1) is 6.90. The van der Waals surface area contributed by atoms with Crippen LogP contribution in [0.25, 0.3) is 0 Å². The van der Waals surface area contributed by atoms with Gasteiger partial charge in [0.2, 0.25) is 10.0 Å². The lowest BCUT2D eigenvalue weighted by Gasteiger charge is -2.10. The molecular formula is C9H21NO4S. The average molecular weight is 239 g/mol. The molecule has 3 N–H and O–H groups in total. The Balaban J connectivity index is 3.56. The zero-order valence-corrected chi connectivity index (χ0v) is 10.1. The van der Waals surface area contributed by atoms with Gasteiger partial charge in [0.15, 0.2) is 0 Å². The van der Waals surface area contributed by atoms with Crippen molar-refractivity contribution in [3.05, 3.63) is 0 Å². The van der Waals surface area contributed by atoms with Crippen molar-refractivity contribution in [2.75, 3.05) is 13.2 Å². The minimum Gasteiger partial charge on any atom is -0.394 e. The van der Waals surface area contributed by atoms with E-state index in [0.717, 1.165) is 0 Å². The van der Waals surface area contributed by atoms with Crippen molar-refractivity contribution in [3.8, 4) is 0 Å². The molecule has 0 heterocycles. The Morgan fingerprint density at radius 2 is 1.87 bits per heavy atom. The van der Waals surface area contributed by atoms with Gasteiger partial charge >= 0.3 is 0 Å². The zero-order valence-electron chi connectivity index (χ0n) is 9.31. The highest BCUT2D eigenvalue weighted by atomic mass is 32.2. The molecule has 0 saturated heterocycles. The predicted octanol–water partition coefficient (Wildman–Crippen LogP) is -0.162. The Kier molecular flexibility index (Phi) is 7.08. The number of aliphatic hydroxyl groups is 2. The fourth-order valence-corrected chi connectivity index (χ4v) is 1.74. The fraction of sp³-hybridized carbons (Fsp3) is 1.00. The lowest BCUT2D eigenvalue weighted by atomic mass is 10.2. The quantitative estimate of drug-likeness (QED) is 0.514. The molecule has 0 saturated carbocycles. The molecule has 1 atom stereocenters. The molecule has 0 fully saturated rings. The van der Waals surface area contributed by atoms with Gasteiger partial charge in [0, 0.05) is 6.54 Å². The predicted molar refractivity (Wildman–Crippen MR) is 59.0 cm³/mol. The van der Waals surface area contributed by atoms with Crippen LogP contribution in [0.1, 0.15) is 33.1 Å². The van der Waals surface area contributed by atoms with E-state index in [1.54, 1.807) is 13.8 Å². The lowest BCUT2D eigenvalue weighted by molar-refractivity contribution is 0.0862. The summed E-state index contributed by atoms with van der Waals surface area (Å²) in [6.45, 7) is 3.39.